The molecule has 1 heterocycles. The molecule has 7 nitrogen and oxygen atoms in total. The average molecular weight is 507 g/mol. The Kier molecular flexibility index (Phi) is 8.33. The van der Waals surface area contributed by atoms with Gasteiger partial charge in [0.15, 0.2) is 0 Å². The number of nitrogens with two attached hydrogens (primary N) is 1. The first-order chi connectivity index (χ1) is 17.0. The Morgan fingerprint density at radius 2 is 1.89 bits per heavy atom. The van der Waals surface area contributed by atoms with E-state index in [1.807, 2.05) is 0 Å². The van der Waals surface area contributed by atoms with Gasteiger partial charge in [0.25, 0.3) is 5.91 Å². The molecule has 0 saturated carbocycles. The number of aliphatic imine (C=N–C) groups is 1. The van der Waals surface area contributed by atoms with Crippen LogP contribution in [0.25, 0.3) is 0 Å². The van der Waals surface area contributed by atoms with Crippen molar-refractivity contribution in [3.63, 3.8) is 0 Å². The van der Waals surface area contributed by atoms with Crippen LogP contribution in [0.15, 0.2) is 64.8 Å². The maximum Gasteiger partial charge on any atom is 0.416 e. The summed E-state index contributed by atoms with van der Waals surface area (Å²) in [4.78, 5) is 30.7. The number of allylic oxidation sites excluding steroid dienone is 1. The highest BCUT2D eigenvalue weighted by atomic mass is 19.4. The lowest BCUT2D eigenvalue weighted by Crippen LogP contribution is -2.38. The summed E-state index contributed by atoms with van der Waals surface area (Å²) < 4.78 is 57.6. The fraction of sp³-hybridized carbons (Fsp3) is 0.320. The third kappa shape index (κ3) is 6.21. The van der Waals surface area contributed by atoms with E-state index in [0.717, 1.165) is 12.1 Å². The van der Waals surface area contributed by atoms with Crippen LogP contribution < -0.4 is 11.1 Å². The molecule has 2 aromatic carbocycles. The van der Waals surface area contributed by atoms with Gasteiger partial charge >= 0.3 is 12.1 Å². The average Bonchev–Trinajstić information content (AvgIpc) is 3.30. The van der Waals surface area contributed by atoms with Crippen molar-refractivity contribution >= 4 is 17.7 Å². The number of nitrogens with one attached hydrogen (secondary N) is 1. The molecule has 192 valence electrons. The number of amidine groups is 1. The number of alkyl halides is 4. The largest absolute Gasteiger partial charge is 0.465 e. The molecule has 11 heteroatoms. The quantitative estimate of drug-likeness (QED) is 0.323. The zero-order valence-corrected chi connectivity index (χ0v) is 19.7. The lowest BCUT2D eigenvalue weighted by Gasteiger charge is -2.24. The van der Waals surface area contributed by atoms with Gasteiger partial charge in [-0.05, 0) is 42.3 Å². The van der Waals surface area contributed by atoms with Crippen LogP contribution >= 0.6 is 0 Å². The van der Waals surface area contributed by atoms with E-state index in [9.17, 15) is 27.2 Å². The van der Waals surface area contributed by atoms with Crippen molar-refractivity contribution in [3.8, 4) is 0 Å². The monoisotopic (exact) mass is 506 g/mol. The molecular formula is C25H26F4N4O3. The van der Waals surface area contributed by atoms with Crippen LogP contribution in [-0.2, 0) is 22.3 Å². The Morgan fingerprint density at radius 1 is 1.19 bits per heavy atom. The molecule has 0 spiro atoms. The highest BCUT2D eigenvalue weighted by molar-refractivity contribution is 6.21. The second-order valence-electron chi connectivity index (χ2n) is 8.17. The summed E-state index contributed by atoms with van der Waals surface area (Å²) in [5, 5.41) is 2.75. The van der Waals surface area contributed by atoms with Gasteiger partial charge < -0.3 is 20.7 Å². The molecule has 3 rings (SSSR count). The molecule has 1 aliphatic rings. The van der Waals surface area contributed by atoms with Crippen LogP contribution in [0, 0.1) is 0 Å². The fourth-order valence-electron chi connectivity index (χ4n) is 3.78. The van der Waals surface area contributed by atoms with E-state index < -0.39 is 36.3 Å². The minimum atomic E-state index is -4.49. The number of halogens is 4. The van der Waals surface area contributed by atoms with E-state index in [4.69, 9.17) is 5.73 Å². The van der Waals surface area contributed by atoms with Gasteiger partial charge in [-0.2, -0.15) is 13.2 Å². The van der Waals surface area contributed by atoms with Crippen LogP contribution in [0.4, 0.5) is 17.6 Å². The second kappa shape index (κ2) is 11.2. The summed E-state index contributed by atoms with van der Waals surface area (Å²) in [6.07, 6.45) is -4.49. The highest BCUT2D eigenvalue weighted by Gasteiger charge is 2.32. The summed E-state index contributed by atoms with van der Waals surface area (Å²) in [7, 11) is 1.27. The number of amides is 1. The third-order valence-corrected chi connectivity index (χ3v) is 5.65. The van der Waals surface area contributed by atoms with E-state index >= 15 is 0 Å². The molecule has 1 aliphatic heterocycles. The Balaban J connectivity index is 1.79. The highest BCUT2D eigenvalue weighted by Crippen LogP contribution is 2.30. The number of hydrogen-bond donors (Lipinski definition) is 2. The molecule has 1 amide bonds. The summed E-state index contributed by atoms with van der Waals surface area (Å²) in [5.41, 5.74) is 5.93. The number of carbonyl (C=O) groups excluding carboxylic acids is 2. The van der Waals surface area contributed by atoms with Crippen molar-refractivity contribution < 1.29 is 31.9 Å². The smallest absolute Gasteiger partial charge is 0.416 e. The van der Waals surface area contributed by atoms with Crippen molar-refractivity contribution in [2.75, 3.05) is 26.9 Å². The zero-order chi connectivity index (χ0) is 26.5. The minimum Gasteiger partial charge on any atom is -0.465 e. The molecule has 0 fully saturated rings. The van der Waals surface area contributed by atoms with Gasteiger partial charge in [0, 0.05) is 13.1 Å². The number of methoxy groups -OCH3 is 1. The summed E-state index contributed by atoms with van der Waals surface area (Å²) in [5.74, 6) is -1.06. The Hall–Kier alpha value is -3.89. The summed E-state index contributed by atoms with van der Waals surface area (Å²) >= 11 is 0. The lowest BCUT2D eigenvalue weighted by molar-refractivity contribution is -0.137. The number of benzene rings is 2. The topological polar surface area (TPSA) is 97.0 Å². The van der Waals surface area contributed by atoms with Crippen LogP contribution in [0.5, 0.6) is 0 Å². The predicted molar refractivity (Wildman–Crippen MR) is 126 cm³/mol. The van der Waals surface area contributed by atoms with Crippen LogP contribution in [-0.4, -0.2) is 49.5 Å². The first-order valence-electron chi connectivity index (χ1n) is 11.0. The maximum atomic E-state index is 13.6. The normalized spacial score (nSPS) is 15.2. The van der Waals surface area contributed by atoms with E-state index in [1.165, 1.54) is 19.2 Å². The Labute approximate surface area is 205 Å². The number of ether oxygens (including phenoxy) is 1. The molecule has 36 heavy (non-hydrogen) atoms. The molecule has 0 saturated heterocycles. The maximum absolute atomic E-state index is 13.6. The van der Waals surface area contributed by atoms with Crippen molar-refractivity contribution in [1.82, 2.24) is 10.2 Å². The van der Waals surface area contributed by atoms with Gasteiger partial charge in [0.05, 0.1) is 36.5 Å². The molecule has 2 aromatic rings. The molecule has 0 radical (unpaired) electrons. The van der Waals surface area contributed by atoms with Crippen molar-refractivity contribution in [2.24, 2.45) is 10.7 Å². The number of hydrogen-bond acceptors (Lipinski definition) is 6. The summed E-state index contributed by atoms with van der Waals surface area (Å²) in [6, 6.07) is 10.7. The lowest BCUT2D eigenvalue weighted by atomic mass is 10.0. The molecule has 1 atom stereocenters. The predicted octanol–water partition coefficient (Wildman–Crippen LogP) is 3.77. The summed E-state index contributed by atoms with van der Waals surface area (Å²) in [6.45, 7) is 1.22. The van der Waals surface area contributed by atoms with Crippen LogP contribution in [0.1, 0.15) is 40.0 Å². The van der Waals surface area contributed by atoms with E-state index in [0.29, 0.717) is 23.2 Å². The Morgan fingerprint density at radius 3 is 2.50 bits per heavy atom. The van der Waals surface area contributed by atoms with Gasteiger partial charge in [-0.15, -0.1) is 0 Å². The van der Waals surface area contributed by atoms with Gasteiger partial charge in [-0.25, -0.2) is 9.18 Å². The molecule has 0 aromatic heterocycles. The van der Waals surface area contributed by atoms with Gasteiger partial charge in [-0.1, -0.05) is 24.3 Å². The second-order valence-corrected chi connectivity index (χ2v) is 8.17. The van der Waals surface area contributed by atoms with E-state index in [-0.39, 0.29) is 30.2 Å². The van der Waals surface area contributed by atoms with E-state index in [1.54, 1.807) is 36.1 Å². The fourth-order valence-corrected chi connectivity index (χ4v) is 3.78. The van der Waals surface area contributed by atoms with Crippen LogP contribution in [0.3, 0.4) is 0 Å². The number of esters is 1. The standard InChI is InChI=1S/C25H26F4N4O3/c1-15(17-6-8-18(9-7-17)24(35)36-2)32-23(34)21(20(30)13-26)22-31-10-11-33(22)14-16-4-3-5-19(12-16)25(27,28)29/h3-9,12,15H,10-11,13-14,30H2,1-2H3,(H,32,34). The third-order valence-electron chi connectivity index (χ3n) is 5.65. The number of carbonyl (C=O) groups is 2. The first kappa shape index (κ1) is 26.7. The molecule has 0 bridgehead atoms. The molecule has 1 unspecified atom stereocenters. The van der Waals surface area contributed by atoms with Crippen LogP contribution in [0.2, 0.25) is 0 Å². The number of rotatable bonds is 8. The number of nitrogens with zero attached hydrogens (tertiary/aromatic N) is 2. The molecule has 3 N–H and O–H groups in total. The van der Waals surface area contributed by atoms with Crippen molar-refractivity contribution in [2.45, 2.75) is 25.7 Å². The molecule has 0 aliphatic carbocycles. The first-order valence-corrected chi connectivity index (χ1v) is 11.0. The zero-order valence-electron chi connectivity index (χ0n) is 19.7. The SMILES string of the molecule is COC(=O)c1ccc(C(C)NC(=O)C(C2=NCCN2Cc2cccc(C(F)(F)F)c2)=C(N)CF)cc1. The van der Waals surface area contributed by atoms with Gasteiger partial charge in [-0.3, -0.25) is 9.79 Å². The minimum absolute atomic E-state index is 0.0314. The molecular weight excluding hydrogens is 480 g/mol. The van der Waals surface area contributed by atoms with Gasteiger partial charge in [0.2, 0.25) is 0 Å². The van der Waals surface area contributed by atoms with E-state index in [2.05, 4.69) is 15.0 Å². The Bertz CT molecular complexity index is 1180. The van der Waals surface area contributed by atoms with Crippen molar-refractivity contribution in [3.05, 3.63) is 82.1 Å². The van der Waals surface area contributed by atoms with Crippen molar-refractivity contribution in [1.29, 1.82) is 0 Å². The van der Waals surface area contributed by atoms with Gasteiger partial charge in [0.1, 0.15) is 18.1 Å².